The van der Waals surface area contributed by atoms with E-state index < -0.39 is 17.4 Å². The number of hydrogen-bond donors (Lipinski definition) is 2. The van der Waals surface area contributed by atoms with Crippen molar-refractivity contribution in [3.05, 3.63) is 90.5 Å². The number of carbonyl (C=O) groups is 2. The molecule has 0 aliphatic heterocycles. The molecule has 1 atom stereocenters. The first-order valence-electron chi connectivity index (χ1n) is 8.49. The average Bonchev–Trinajstić information content (AvgIpc) is 2.69. The zero-order chi connectivity index (χ0) is 19.9. The van der Waals surface area contributed by atoms with Gasteiger partial charge >= 0.3 is 11.9 Å². The molecule has 1 aliphatic rings. The Morgan fingerprint density at radius 1 is 1.00 bits per heavy atom. The lowest BCUT2D eigenvalue weighted by molar-refractivity contribution is -0.145. The van der Waals surface area contributed by atoms with Crippen LogP contribution in [0.4, 0.5) is 0 Å². The number of rotatable bonds is 4. The molecule has 0 radical (unpaired) electrons. The first-order valence-corrected chi connectivity index (χ1v) is 8.49. The largest absolute Gasteiger partial charge is 0.481 e. The Bertz CT molecular complexity index is 876. The third-order valence-corrected chi connectivity index (χ3v) is 4.34. The van der Waals surface area contributed by atoms with Crippen molar-refractivity contribution in [3.63, 3.8) is 0 Å². The predicted molar refractivity (Wildman–Crippen MR) is 107 cm³/mol. The van der Waals surface area contributed by atoms with Crippen LogP contribution < -0.4 is 0 Å². The van der Waals surface area contributed by atoms with Crippen LogP contribution in [0.2, 0.25) is 0 Å². The highest BCUT2D eigenvalue weighted by Crippen LogP contribution is 2.31. The third-order valence-electron chi connectivity index (χ3n) is 4.34. The van der Waals surface area contributed by atoms with E-state index in [9.17, 15) is 9.59 Å². The maximum atomic E-state index is 10.8. The zero-order valence-corrected chi connectivity index (χ0v) is 15.1. The molecular weight excluding hydrogens is 340 g/mol. The minimum Gasteiger partial charge on any atom is -0.481 e. The van der Waals surface area contributed by atoms with E-state index in [-0.39, 0.29) is 12.0 Å². The maximum Gasteiger partial charge on any atom is 0.331 e. The molecule has 0 fully saturated rings. The van der Waals surface area contributed by atoms with E-state index in [4.69, 9.17) is 10.2 Å². The van der Waals surface area contributed by atoms with Gasteiger partial charge in [-0.05, 0) is 30.0 Å². The molecule has 0 amide bonds. The lowest BCUT2D eigenvalue weighted by Gasteiger charge is -2.23. The molecule has 2 aromatic rings. The van der Waals surface area contributed by atoms with Gasteiger partial charge in [0.25, 0.3) is 0 Å². The van der Waals surface area contributed by atoms with Gasteiger partial charge in [-0.25, -0.2) is 4.79 Å². The number of carboxylic acid groups (broad SMARTS) is 2. The van der Waals surface area contributed by atoms with E-state index in [1.54, 1.807) is 0 Å². The molecule has 0 bridgehead atoms. The second kappa shape index (κ2) is 8.81. The summed E-state index contributed by atoms with van der Waals surface area (Å²) in [6, 6.07) is 18.8. The average molecular weight is 362 g/mol. The molecule has 0 heterocycles. The lowest BCUT2D eigenvalue weighted by Crippen LogP contribution is -2.28. The molecule has 2 aromatic carbocycles. The van der Waals surface area contributed by atoms with Crippen molar-refractivity contribution in [3.8, 4) is 11.1 Å². The summed E-state index contributed by atoms with van der Waals surface area (Å²) in [5, 5.41) is 17.5. The van der Waals surface area contributed by atoms with Gasteiger partial charge in [-0.1, -0.05) is 85.5 Å². The van der Waals surface area contributed by atoms with Crippen LogP contribution in [0.25, 0.3) is 17.2 Å². The molecule has 0 saturated carbocycles. The Hall–Kier alpha value is -3.40. The molecule has 138 valence electrons. The van der Waals surface area contributed by atoms with Crippen molar-refractivity contribution in [2.75, 3.05) is 0 Å². The van der Waals surface area contributed by atoms with Gasteiger partial charge in [0.15, 0.2) is 0 Å². The van der Waals surface area contributed by atoms with E-state index in [1.165, 1.54) is 36.3 Å². The molecule has 1 unspecified atom stereocenters. The standard InChI is InChI=1S/C14H12.C9H10O4/c1-2-12-8-10-14(11-9-12)13-6-4-3-5-7-13;1-9(8(12)13)4-2-3-6(5-9)7(10)11/h2-11H,1H2;2-4H,5H2,1H3,(H,10,11)(H,12,13). The molecular formula is C23H22O4. The fourth-order valence-corrected chi connectivity index (χ4v) is 2.63. The van der Waals surface area contributed by atoms with Gasteiger partial charge in [-0.3, -0.25) is 4.79 Å². The fraction of sp³-hybridized carbons (Fsp3) is 0.130. The summed E-state index contributed by atoms with van der Waals surface area (Å²) in [4.78, 5) is 21.3. The van der Waals surface area contributed by atoms with Crippen molar-refractivity contribution < 1.29 is 19.8 Å². The number of hydrogen-bond acceptors (Lipinski definition) is 2. The van der Waals surface area contributed by atoms with E-state index >= 15 is 0 Å². The van der Waals surface area contributed by atoms with Crippen LogP contribution in [-0.4, -0.2) is 22.2 Å². The van der Waals surface area contributed by atoms with Crippen LogP contribution in [-0.2, 0) is 9.59 Å². The first-order chi connectivity index (χ1) is 12.9. The van der Waals surface area contributed by atoms with Crippen LogP contribution in [0.15, 0.2) is 85.0 Å². The van der Waals surface area contributed by atoms with E-state index in [1.807, 2.05) is 12.1 Å². The lowest BCUT2D eigenvalue weighted by atomic mass is 9.80. The molecule has 4 nitrogen and oxygen atoms in total. The number of carboxylic acids is 2. The van der Waals surface area contributed by atoms with Crippen molar-refractivity contribution in [1.82, 2.24) is 0 Å². The van der Waals surface area contributed by atoms with Gasteiger partial charge in [-0.15, -0.1) is 0 Å². The summed E-state index contributed by atoms with van der Waals surface area (Å²) >= 11 is 0. The molecule has 1 aliphatic carbocycles. The van der Waals surface area contributed by atoms with Gasteiger partial charge in [0.1, 0.15) is 0 Å². The summed E-state index contributed by atoms with van der Waals surface area (Å²) in [5.74, 6) is -2.06. The van der Waals surface area contributed by atoms with Crippen molar-refractivity contribution in [2.45, 2.75) is 13.3 Å². The number of allylic oxidation sites excluding steroid dienone is 2. The minimum absolute atomic E-state index is 0.0359. The summed E-state index contributed by atoms with van der Waals surface area (Å²) in [6.07, 6.45) is 6.29. The minimum atomic E-state index is -1.08. The summed E-state index contributed by atoms with van der Waals surface area (Å²) < 4.78 is 0. The highest BCUT2D eigenvalue weighted by molar-refractivity contribution is 5.90. The normalized spacial score (nSPS) is 17.9. The van der Waals surface area contributed by atoms with Crippen molar-refractivity contribution in [1.29, 1.82) is 0 Å². The Balaban J connectivity index is 0.000000194. The zero-order valence-electron chi connectivity index (χ0n) is 15.1. The quantitative estimate of drug-likeness (QED) is 0.798. The van der Waals surface area contributed by atoms with Crippen LogP contribution in [0.5, 0.6) is 0 Å². The van der Waals surface area contributed by atoms with Crippen LogP contribution in [0.1, 0.15) is 18.9 Å². The topological polar surface area (TPSA) is 74.6 Å². The van der Waals surface area contributed by atoms with Crippen LogP contribution in [0, 0.1) is 5.41 Å². The van der Waals surface area contributed by atoms with E-state index in [2.05, 4.69) is 55.1 Å². The van der Waals surface area contributed by atoms with Crippen LogP contribution in [0.3, 0.4) is 0 Å². The molecule has 4 heteroatoms. The Morgan fingerprint density at radius 2 is 1.59 bits per heavy atom. The van der Waals surface area contributed by atoms with E-state index in [0.29, 0.717) is 0 Å². The summed E-state index contributed by atoms with van der Waals surface area (Å²) in [5.41, 5.74) is 2.71. The van der Waals surface area contributed by atoms with Gasteiger partial charge < -0.3 is 10.2 Å². The SMILES string of the molecule is C=Cc1ccc(-c2ccccc2)cc1.CC1(C(=O)O)C=CC=C(C(=O)O)C1. The van der Waals surface area contributed by atoms with Gasteiger partial charge in [0.05, 0.1) is 5.41 Å². The molecule has 27 heavy (non-hydrogen) atoms. The number of aliphatic carboxylic acids is 2. The third kappa shape index (κ3) is 5.28. The second-order valence-electron chi connectivity index (χ2n) is 6.45. The second-order valence-corrected chi connectivity index (χ2v) is 6.45. The molecule has 3 rings (SSSR count). The Kier molecular flexibility index (Phi) is 6.50. The van der Waals surface area contributed by atoms with Crippen LogP contribution >= 0.6 is 0 Å². The molecule has 0 saturated heterocycles. The summed E-state index contributed by atoms with van der Waals surface area (Å²) in [7, 11) is 0. The molecule has 0 aromatic heterocycles. The highest BCUT2D eigenvalue weighted by Gasteiger charge is 2.34. The smallest absolute Gasteiger partial charge is 0.331 e. The van der Waals surface area contributed by atoms with Crippen molar-refractivity contribution in [2.24, 2.45) is 5.41 Å². The highest BCUT2D eigenvalue weighted by atomic mass is 16.4. The number of benzene rings is 2. The Labute approximate surface area is 158 Å². The monoisotopic (exact) mass is 362 g/mol. The Morgan fingerprint density at radius 3 is 2.11 bits per heavy atom. The molecule has 0 spiro atoms. The first kappa shape index (κ1) is 19.9. The van der Waals surface area contributed by atoms with Gasteiger partial charge in [-0.2, -0.15) is 0 Å². The van der Waals surface area contributed by atoms with Crippen molar-refractivity contribution >= 4 is 18.0 Å². The predicted octanol–water partition coefficient (Wildman–Crippen LogP) is 5.04. The van der Waals surface area contributed by atoms with Gasteiger partial charge in [0, 0.05) is 5.57 Å². The maximum absolute atomic E-state index is 10.8. The molecule has 2 N–H and O–H groups in total. The van der Waals surface area contributed by atoms with Gasteiger partial charge in [0.2, 0.25) is 0 Å². The van der Waals surface area contributed by atoms with E-state index in [0.717, 1.165) is 5.56 Å². The fourth-order valence-electron chi connectivity index (χ4n) is 2.63. The summed E-state index contributed by atoms with van der Waals surface area (Å²) in [6.45, 7) is 5.24.